The predicted molar refractivity (Wildman–Crippen MR) is 59.0 cm³/mol. The van der Waals surface area contributed by atoms with Crippen LogP contribution in [0.3, 0.4) is 0 Å². The van der Waals surface area contributed by atoms with Gasteiger partial charge in [-0.25, -0.2) is 0 Å². The molecule has 0 aliphatic rings. The molecule has 0 bridgehead atoms. The van der Waals surface area contributed by atoms with Crippen LogP contribution >= 0.6 is 0 Å². The maximum atomic E-state index is 3.81. The molecule has 1 atom stereocenters. The Morgan fingerprint density at radius 2 is 2.08 bits per heavy atom. The minimum atomic E-state index is 0.396. The van der Waals surface area contributed by atoms with E-state index in [2.05, 4.69) is 31.0 Å². The van der Waals surface area contributed by atoms with Gasteiger partial charge in [0, 0.05) is 11.7 Å². The summed E-state index contributed by atoms with van der Waals surface area (Å²) in [4.78, 5) is 0. The summed E-state index contributed by atoms with van der Waals surface area (Å²) in [5.74, 6) is 0. The first kappa shape index (κ1) is 9.85. The Balaban J connectivity index is 2.51. The molecule has 0 aliphatic heterocycles. The lowest BCUT2D eigenvalue weighted by atomic mass is 10.1. The van der Waals surface area contributed by atoms with E-state index in [-0.39, 0.29) is 0 Å². The van der Waals surface area contributed by atoms with Gasteiger partial charge in [-0.15, -0.1) is 6.58 Å². The summed E-state index contributed by atoms with van der Waals surface area (Å²) in [5.41, 5.74) is 1.17. The van der Waals surface area contributed by atoms with E-state index in [0.29, 0.717) is 6.04 Å². The number of nitrogens with one attached hydrogen (secondary N) is 1. The van der Waals surface area contributed by atoms with Crippen molar-refractivity contribution in [2.75, 3.05) is 5.32 Å². The maximum absolute atomic E-state index is 3.81. The molecule has 1 rings (SSSR count). The molecule has 0 aromatic heterocycles. The van der Waals surface area contributed by atoms with E-state index in [1.54, 1.807) is 0 Å². The maximum Gasteiger partial charge on any atom is 0.0441 e. The molecular formula is C12H17N. The van der Waals surface area contributed by atoms with Crippen LogP contribution in [-0.4, -0.2) is 6.04 Å². The zero-order valence-electron chi connectivity index (χ0n) is 8.16. The first-order valence-electron chi connectivity index (χ1n) is 4.81. The highest BCUT2D eigenvalue weighted by molar-refractivity contribution is 5.44. The van der Waals surface area contributed by atoms with Gasteiger partial charge >= 0.3 is 0 Å². The molecule has 13 heavy (non-hydrogen) atoms. The summed E-state index contributed by atoms with van der Waals surface area (Å²) in [6, 6.07) is 10.6. The Labute approximate surface area is 80.5 Å². The monoisotopic (exact) mass is 175 g/mol. The Kier molecular flexibility index (Phi) is 4.10. The number of hydrogen-bond donors (Lipinski definition) is 1. The van der Waals surface area contributed by atoms with E-state index >= 15 is 0 Å². The first-order chi connectivity index (χ1) is 6.36. The van der Waals surface area contributed by atoms with Crippen molar-refractivity contribution < 1.29 is 0 Å². The van der Waals surface area contributed by atoms with Crippen molar-refractivity contribution in [3.8, 4) is 0 Å². The van der Waals surface area contributed by atoms with Crippen molar-refractivity contribution >= 4 is 5.69 Å². The Bertz CT molecular complexity index is 241. The Morgan fingerprint density at radius 3 is 2.62 bits per heavy atom. The van der Waals surface area contributed by atoms with Gasteiger partial charge in [0.1, 0.15) is 0 Å². The lowest BCUT2D eigenvalue weighted by molar-refractivity contribution is 0.741. The molecule has 70 valence electrons. The number of anilines is 1. The van der Waals surface area contributed by atoms with Crippen LogP contribution < -0.4 is 5.32 Å². The largest absolute Gasteiger partial charge is 0.379 e. The zero-order valence-corrected chi connectivity index (χ0v) is 8.16. The summed E-state index contributed by atoms with van der Waals surface area (Å²) in [6.45, 7) is 6.00. The molecule has 0 aliphatic carbocycles. The van der Waals surface area contributed by atoms with Gasteiger partial charge in [-0.05, 0) is 18.6 Å². The van der Waals surface area contributed by atoms with Crippen molar-refractivity contribution in [1.29, 1.82) is 0 Å². The second-order valence-electron chi connectivity index (χ2n) is 3.14. The van der Waals surface area contributed by atoms with Crippen molar-refractivity contribution in [2.45, 2.75) is 25.8 Å². The molecule has 1 nitrogen and oxygen atoms in total. The molecule has 0 saturated heterocycles. The third-order valence-electron chi connectivity index (χ3n) is 2.01. The zero-order chi connectivity index (χ0) is 9.52. The molecule has 0 spiro atoms. The average Bonchev–Trinajstić information content (AvgIpc) is 2.19. The highest BCUT2D eigenvalue weighted by Gasteiger charge is 2.00. The van der Waals surface area contributed by atoms with Crippen molar-refractivity contribution in [2.24, 2.45) is 0 Å². The summed E-state index contributed by atoms with van der Waals surface area (Å²) in [5, 5.41) is 3.41. The van der Waals surface area contributed by atoms with Crippen LogP contribution in [0.25, 0.3) is 0 Å². The molecule has 0 radical (unpaired) electrons. The Hall–Kier alpha value is -1.24. The molecule has 0 fully saturated rings. The van der Waals surface area contributed by atoms with Crippen LogP contribution in [0.2, 0.25) is 0 Å². The van der Waals surface area contributed by atoms with Gasteiger partial charge in [-0.2, -0.15) is 0 Å². The molecule has 0 heterocycles. The molecular weight excluding hydrogens is 158 g/mol. The van der Waals surface area contributed by atoms with Gasteiger partial charge in [0.25, 0.3) is 0 Å². The van der Waals surface area contributed by atoms with Gasteiger partial charge in [0.2, 0.25) is 0 Å². The lowest BCUT2D eigenvalue weighted by Crippen LogP contribution is -2.15. The number of benzene rings is 1. The second kappa shape index (κ2) is 5.41. The summed E-state index contributed by atoms with van der Waals surface area (Å²) in [6.07, 6.45) is 4.28. The third-order valence-corrected chi connectivity index (χ3v) is 2.01. The predicted octanol–water partition coefficient (Wildman–Crippen LogP) is 3.45. The van der Waals surface area contributed by atoms with Gasteiger partial charge < -0.3 is 5.32 Å². The quantitative estimate of drug-likeness (QED) is 0.676. The van der Waals surface area contributed by atoms with E-state index in [1.807, 2.05) is 24.3 Å². The molecule has 1 unspecified atom stereocenters. The van der Waals surface area contributed by atoms with Crippen LogP contribution in [0.1, 0.15) is 19.8 Å². The molecule has 1 aromatic rings. The minimum Gasteiger partial charge on any atom is -0.379 e. The van der Waals surface area contributed by atoms with Crippen LogP contribution in [0.15, 0.2) is 43.0 Å². The summed E-state index contributed by atoms with van der Waals surface area (Å²) in [7, 11) is 0. The number of hydrogen-bond acceptors (Lipinski definition) is 1. The van der Waals surface area contributed by atoms with Gasteiger partial charge in [-0.3, -0.25) is 0 Å². The van der Waals surface area contributed by atoms with E-state index in [1.165, 1.54) is 12.1 Å². The van der Waals surface area contributed by atoms with Gasteiger partial charge in [0.15, 0.2) is 0 Å². The minimum absolute atomic E-state index is 0.396. The topological polar surface area (TPSA) is 12.0 Å². The Morgan fingerprint density at radius 1 is 1.38 bits per heavy atom. The normalized spacial score (nSPS) is 12.1. The number of para-hydroxylation sites is 1. The molecule has 1 aromatic carbocycles. The van der Waals surface area contributed by atoms with Crippen molar-refractivity contribution in [3.63, 3.8) is 0 Å². The van der Waals surface area contributed by atoms with E-state index in [0.717, 1.165) is 6.42 Å². The van der Waals surface area contributed by atoms with Crippen LogP contribution in [0.4, 0.5) is 5.69 Å². The van der Waals surface area contributed by atoms with E-state index < -0.39 is 0 Å². The summed E-state index contributed by atoms with van der Waals surface area (Å²) < 4.78 is 0. The summed E-state index contributed by atoms with van der Waals surface area (Å²) >= 11 is 0. The van der Waals surface area contributed by atoms with Crippen LogP contribution in [-0.2, 0) is 0 Å². The highest BCUT2D eigenvalue weighted by atomic mass is 14.9. The van der Waals surface area contributed by atoms with E-state index in [4.69, 9.17) is 0 Å². The number of rotatable bonds is 5. The fraction of sp³-hybridized carbons (Fsp3) is 0.333. The fourth-order valence-corrected chi connectivity index (χ4v) is 1.31. The first-order valence-corrected chi connectivity index (χ1v) is 4.81. The van der Waals surface area contributed by atoms with Crippen molar-refractivity contribution in [1.82, 2.24) is 0 Å². The second-order valence-corrected chi connectivity index (χ2v) is 3.14. The average molecular weight is 175 g/mol. The standard InChI is InChI=1S/C12H17N/c1-3-8-11(4-2)13-12-9-6-5-7-10-12/h4-7,9-11,13H,2-3,8H2,1H3. The molecule has 1 heteroatoms. The van der Waals surface area contributed by atoms with Crippen LogP contribution in [0.5, 0.6) is 0 Å². The van der Waals surface area contributed by atoms with Gasteiger partial charge in [0.05, 0.1) is 0 Å². The van der Waals surface area contributed by atoms with Gasteiger partial charge in [-0.1, -0.05) is 37.6 Å². The molecule has 1 N–H and O–H groups in total. The molecule has 0 amide bonds. The highest BCUT2D eigenvalue weighted by Crippen LogP contribution is 2.10. The lowest BCUT2D eigenvalue weighted by Gasteiger charge is -2.14. The van der Waals surface area contributed by atoms with E-state index in [9.17, 15) is 0 Å². The van der Waals surface area contributed by atoms with Crippen molar-refractivity contribution in [3.05, 3.63) is 43.0 Å². The SMILES string of the molecule is C=CC(CCC)Nc1ccccc1. The molecule has 0 saturated carbocycles. The smallest absolute Gasteiger partial charge is 0.0441 e. The van der Waals surface area contributed by atoms with Crippen LogP contribution in [0, 0.1) is 0 Å². The third kappa shape index (κ3) is 3.32. The fourth-order valence-electron chi connectivity index (χ4n) is 1.31.